The first-order valence-electron chi connectivity index (χ1n) is 9.03. The fourth-order valence-electron chi connectivity index (χ4n) is 2.99. The number of aromatic nitrogens is 3. The Morgan fingerprint density at radius 2 is 1.93 bits per heavy atom. The second kappa shape index (κ2) is 8.92. The molecule has 0 saturated heterocycles. The topological polar surface area (TPSA) is 59.8 Å². The van der Waals surface area contributed by atoms with E-state index < -0.39 is 0 Å². The van der Waals surface area contributed by atoms with Crippen LogP contribution in [0.1, 0.15) is 35.5 Å². The van der Waals surface area contributed by atoms with Crippen molar-refractivity contribution in [1.82, 2.24) is 20.1 Å². The van der Waals surface area contributed by atoms with Crippen molar-refractivity contribution in [3.8, 4) is 5.69 Å². The summed E-state index contributed by atoms with van der Waals surface area (Å²) in [6.07, 6.45) is 0. The van der Waals surface area contributed by atoms with Gasteiger partial charge in [-0.25, -0.2) is 0 Å². The number of thioether (sulfide) groups is 1. The number of benzene rings is 2. The van der Waals surface area contributed by atoms with E-state index in [0.717, 1.165) is 32.3 Å². The van der Waals surface area contributed by atoms with E-state index in [1.54, 1.807) is 0 Å². The van der Waals surface area contributed by atoms with Gasteiger partial charge in [0.05, 0.1) is 17.5 Å². The van der Waals surface area contributed by atoms with E-state index in [1.807, 2.05) is 42.7 Å². The van der Waals surface area contributed by atoms with E-state index in [1.165, 1.54) is 17.3 Å². The molecule has 1 unspecified atom stereocenters. The first kappa shape index (κ1) is 20.6. The highest BCUT2D eigenvalue weighted by atomic mass is 79.9. The Morgan fingerprint density at radius 3 is 2.68 bits per heavy atom. The van der Waals surface area contributed by atoms with Gasteiger partial charge in [0.2, 0.25) is 5.91 Å². The first-order chi connectivity index (χ1) is 13.4. The molecule has 0 spiro atoms. The summed E-state index contributed by atoms with van der Waals surface area (Å²) in [5.41, 5.74) is 4.41. The Balaban J connectivity index is 1.71. The van der Waals surface area contributed by atoms with Crippen molar-refractivity contribution in [3.05, 3.63) is 69.5 Å². The molecular weight excluding hydrogens is 436 g/mol. The van der Waals surface area contributed by atoms with Crippen LogP contribution >= 0.6 is 27.7 Å². The zero-order valence-electron chi connectivity index (χ0n) is 16.4. The predicted octanol–water partition coefficient (Wildman–Crippen LogP) is 4.92. The third kappa shape index (κ3) is 4.64. The van der Waals surface area contributed by atoms with Crippen LogP contribution in [0, 0.1) is 20.8 Å². The van der Waals surface area contributed by atoms with Crippen molar-refractivity contribution in [1.29, 1.82) is 0 Å². The van der Waals surface area contributed by atoms with Gasteiger partial charge in [-0.15, -0.1) is 10.2 Å². The van der Waals surface area contributed by atoms with Crippen LogP contribution in [0.3, 0.4) is 0 Å². The van der Waals surface area contributed by atoms with Gasteiger partial charge in [0.15, 0.2) is 5.16 Å². The molecule has 0 aliphatic rings. The van der Waals surface area contributed by atoms with Crippen molar-refractivity contribution in [3.63, 3.8) is 0 Å². The molecule has 1 amide bonds. The SMILES string of the molecule is Cc1ccc(C)c(-n2c(C)nnc2SCC(=O)NC(C)c2ccccc2Br)c1. The summed E-state index contributed by atoms with van der Waals surface area (Å²) in [7, 11) is 0. The number of nitrogens with one attached hydrogen (secondary N) is 1. The van der Waals surface area contributed by atoms with Crippen molar-refractivity contribution in [2.24, 2.45) is 0 Å². The van der Waals surface area contributed by atoms with Crippen LogP contribution in [0.2, 0.25) is 0 Å². The minimum Gasteiger partial charge on any atom is -0.349 e. The molecule has 1 atom stereocenters. The van der Waals surface area contributed by atoms with Gasteiger partial charge in [0.25, 0.3) is 0 Å². The number of amides is 1. The molecule has 0 radical (unpaired) electrons. The van der Waals surface area contributed by atoms with E-state index >= 15 is 0 Å². The largest absolute Gasteiger partial charge is 0.349 e. The number of hydrogen-bond acceptors (Lipinski definition) is 4. The number of carbonyl (C=O) groups is 1. The third-order valence-corrected chi connectivity index (χ3v) is 6.13. The molecular formula is C21H23BrN4OS. The second-order valence-electron chi connectivity index (χ2n) is 6.75. The van der Waals surface area contributed by atoms with Crippen LogP contribution in [0.15, 0.2) is 52.1 Å². The fourth-order valence-corrected chi connectivity index (χ4v) is 4.42. The number of halogens is 1. The van der Waals surface area contributed by atoms with E-state index in [0.29, 0.717) is 0 Å². The van der Waals surface area contributed by atoms with Gasteiger partial charge in [0, 0.05) is 4.47 Å². The molecule has 146 valence electrons. The molecule has 2 aromatic carbocycles. The quantitative estimate of drug-likeness (QED) is 0.532. The normalized spacial score (nSPS) is 12.0. The standard InChI is InChI=1S/C21H23BrN4OS/c1-13-9-10-14(2)19(11-13)26-16(4)24-25-21(26)28-12-20(27)23-15(3)17-7-5-6-8-18(17)22/h5-11,15H,12H2,1-4H3,(H,23,27). The number of aryl methyl sites for hydroxylation is 3. The molecule has 1 N–H and O–H groups in total. The minimum atomic E-state index is -0.0812. The zero-order chi connectivity index (χ0) is 20.3. The average Bonchev–Trinajstić information content (AvgIpc) is 3.02. The third-order valence-electron chi connectivity index (χ3n) is 4.48. The van der Waals surface area contributed by atoms with E-state index in [4.69, 9.17) is 0 Å². The Hall–Kier alpha value is -2.12. The molecule has 3 rings (SSSR count). The van der Waals surface area contributed by atoms with Gasteiger partial charge in [-0.05, 0) is 56.5 Å². The van der Waals surface area contributed by atoms with Crippen LogP contribution in [-0.2, 0) is 4.79 Å². The van der Waals surface area contributed by atoms with Crippen LogP contribution in [0.25, 0.3) is 5.69 Å². The Bertz CT molecular complexity index is 1000. The minimum absolute atomic E-state index is 0.0404. The first-order valence-corrected chi connectivity index (χ1v) is 10.8. The lowest BCUT2D eigenvalue weighted by molar-refractivity contribution is -0.119. The van der Waals surface area contributed by atoms with Gasteiger partial charge in [-0.3, -0.25) is 9.36 Å². The molecule has 0 aliphatic carbocycles. The van der Waals surface area contributed by atoms with Gasteiger partial charge < -0.3 is 5.32 Å². The van der Waals surface area contributed by atoms with Gasteiger partial charge in [-0.1, -0.05) is 58.0 Å². The number of rotatable bonds is 6. The Kier molecular flexibility index (Phi) is 6.57. The second-order valence-corrected chi connectivity index (χ2v) is 8.55. The average molecular weight is 459 g/mol. The van der Waals surface area contributed by atoms with Crippen LogP contribution in [0.4, 0.5) is 0 Å². The highest BCUT2D eigenvalue weighted by Crippen LogP contribution is 2.26. The fraction of sp³-hybridized carbons (Fsp3) is 0.286. The Morgan fingerprint density at radius 1 is 1.18 bits per heavy atom. The maximum atomic E-state index is 12.5. The summed E-state index contributed by atoms with van der Waals surface area (Å²) < 4.78 is 3.00. The summed E-state index contributed by atoms with van der Waals surface area (Å²) in [6, 6.07) is 14.1. The Labute approximate surface area is 178 Å². The zero-order valence-corrected chi connectivity index (χ0v) is 18.8. The lowest BCUT2D eigenvalue weighted by Gasteiger charge is -2.16. The van der Waals surface area contributed by atoms with Crippen LogP contribution < -0.4 is 5.32 Å². The molecule has 0 fully saturated rings. The molecule has 0 aliphatic heterocycles. The maximum absolute atomic E-state index is 12.5. The van der Waals surface area contributed by atoms with E-state index in [-0.39, 0.29) is 17.7 Å². The number of carbonyl (C=O) groups excluding carboxylic acids is 1. The molecule has 7 heteroatoms. The van der Waals surface area contributed by atoms with Crippen LogP contribution in [0.5, 0.6) is 0 Å². The highest BCUT2D eigenvalue weighted by molar-refractivity contribution is 9.10. The summed E-state index contributed by atoms with van der Waals surface area (Å²) in [4.78, 5) is 12.5. The van der Waals surface area contributed by atoms with Crippen molar-refractivity contribution < 1.29 is 4.79 Å². The molecule has 1 heterocycles. The molecule has 0 saturated carbocycles. The summed E-state index contributed by atoms with van der Waals surface area (Å²) in [6.45, 7) is 8.03. The van der Waals surface area contributed by atoms with Gasteiger partial charge in [-0.2, -0.15) is 0 Å². The predicted molar refractivity (Wildman–Crippen MR) is 117 cm³/mol. The molecule has 3 aromatic rings. The molecule has 28 heavy (non-hydrogen) atoms. The van der Waals surface area contributed by atoms with Crippen molar-refractivity contribution >= 4 is 33.6 Å². The summed E-state index contributed by atoms with van der Waals surface area (Å²) in [5, 5.41) is 12.3. The smallest absolute Gasteiger partial charge is 0.230 e. The number of hydrogen-bond donors (Lipinski definition) is 1. The van der Waals surface area contributed by atoms with Crippen LogP contribution in [-0.4, -0.2) is 26.4 Å². The lowest BCUT2D eigenvalue weighted by Crippen LogP contribution is -2.28. The molecule has 0 bridgehead atoms. The van der Waals surface area contributed by atoms with Gasteiger partial charge in [0.1, 0.15) is 5.82 Å². The molecule has 1 aromatic heterocycles. The monoisotopic (exact) mass is 458 g/mol. The van der Waals surface area contributed by atoms with Gasteiger partial charge >= 0.3 is 0 Å². The van der Waals surface area contributed by atoms with E-state index in [2.05, 4.69) is 63.5 Å². The van der Waals surface area contributed by atoms with E-state index in [9.17, 15) is 4.79 Å². The summed E-state index contributed by atoms with van der Waals surface area (Å²) in [5.74, 6) is 1.04. The summed E-state index contributed by atoms with van der Waals surface area (Å²) >= 11 is 4.93. The lowest BCUT2D eigenvalue weighted by atomic mass is 10.1. The molecule has 5 nitrogen and oxygen atoms in total. The maximum Gasteiger partial charge on any atom is 0.230 e. The number of nitrogens with zero attached hydrogens (tertiary/aromatic N) is 3. The van der Waals surface area contributed by atoms with Crippen molar-refractivity contribution in [2.75, 3.05) is 5.75 Å². The highest BCUT2D eigenvalue weighted by Gasteiger charge is 2.17. The van der Waals surface area contributed by atoms with Crippen molar-refractivity contribution in [2.45, 2.75) is 38.9 Å².